The van der Waals surface area contributed by atoms with Crippen LogP contribution < -0.4 is 5.43 Å². The van der Waals surface area contributed by atoms with Gasteiger partial charge in [0.05, 0.1) is 15.8 Å². The molecule has 0 unspecified atom stereocenters. The van der Waals surface area contributed by atoms with Gasteiger partial charge in [0.15, 0.2) is 5.43 Å². The molecule has 182 valence electrons. The zero-order valence-corrected chi connectivity index (χ0v) is 20.9. The number of nitrogens with zero attached hydrogens (tertiary/aromatic N) is 1. The standard InChI is InChI=1S/C29H25FN2O3S/c1-4-7-13-32-26-17-23(20-9-8-10-21(15-20)36(30,34)35)19(6-3)16-24(26)28(33)27-22-12-11-18(5-2)14-25(22)31-29(27)32/h2,8-12,14-17,31H,4,6-7,13H2,1,3H3. The van der Waals surface area contributed by atoms with E-state index in [-0.39, 0.29) is 10.3 Å². The van der Waals surface area contributed by atoms with Gasteiger partial charge in [-0.15, -0.1) is 10.3 Å². The maximum Gasteiger partial charge on any atom is 0.332 e. The van der Waals surface area contributed by atoms with Gasteiger partial charge in [0.2, 0.25) is 0 Å². The van der Waals surface area contributed by atoms with Gasteiger partial charge in [0.1, 0.15) is 5.65 Å². The van der Waals surface area contributed by atoms with Crippen molar-refractivity contribution in [3.05, 3.63) is 75.9 Å². The van der Waals surface area contributed by atoms with E-state index < -0.39 is 10.2 Å². The molecule has 3 aromatic carbocycles. The number of nitrogens with one attached hydrogen (secondary N) is 1. The molecular weight excluding hydrogens is 475 g/mol. The lowest BCUT2D eigenvalue weighted by atomic mass is 9.95. The van der Waals surface area contributed by atoms with Gasteiger partial charge in [-0.3, -0.25) is 4.79 Å². The molecule has 5 rings (SSSR count). The monoisotopic (exact) mass is 500 g/mol. The quantitative estimate of drug-likeness (QED) is 0.220. The molecule has 2 aromatic heterocycles. The molecule has 0 spiro atoms. The first-order valence-corrected chi connectivity index (χ1v) is 13.3. The van der Waals surface area contributed by atoms with Crippen molar-refractivity contribution in [3.63, 3.8) is 0 Å². The highest BCUT2D eigenvalue weighted by molar-refractivity contribution is 7.86. The van der Waals surface area contributed by atoms with Crippen LogP contribution in [0, 0.1) is 12.3 Å². The average Bonchev–Trinajstić information content (AvgIpc) is 3.26. The molecule has 2 heterocycles. The van der Waals surface area contributed by atoms with Gasteiger partial charge in [-0.1, -0.05) is 44.4 Å². The van der Waals surface area contributed by atoms with Crippen LogP contribution in [0.2, 0.25) is 0 Å². The number of rotatable bonds is 6. The highest BCUT2D eigenvalue weighted by Gasteiger charge is 2.19. The Morgan fingerprint density at radius 1 is 1.06 bits per heavy atom. The number of pyridine rings is 1. The summed E-state index contributed by atoms with van der Waals surface area (Å²) in [5, 5.41) is 2.04. The predicted octanol–water partition coefficient (Wildman–Crippen LogP) is 6.31. The van der Waals surface area contributed by atoms with Crippen LogP contribution >= 0.6 is 0 Å². The lowest BCUT2D eigenvalue weighted by Crippen LogP contribution is -2.12. The van der Waals surface area contributed by atoms with Crippen LogP contribution in [0.25, 0.3) is 44.0 Å². The van der Waals surface area contributed by atoms with Crippen molar-refractivity contribution in [3.8, 4) is 23.5 Å². The number of terminal acetylenes is 1. The molecule has 0 saturated carbocycles. The Kier molecular flexibility index (Phi) is 5.93. The van der Waals surface area contributed by atoms with Crippen LogP contribution in [-0.2, 0) is 23.2 Å². The predicted molar refractivity (Wildman–Crippen MR) is 144 cm³/mol. The fraction of sp³-hybridized carbons (Fsp3) is 0.207. The molecule has 36 heavy (non-hydrogen) atoms. The van der Waals surface area contributed by atoms with Crippen LogP contribution in [-0.4, -0.2) is 18.0 Å². The molecule has 0 bridgehead atoms. The van der Waals surface area contributed by atoms with Gasteiger partial charge in [-0.25, -0.2) is 0 Å². The smallest absolute Gasteiger partial charge is 0.332 e. The van der Waals surface area contributed by atoms with Crippen LogP contribution in [0.4, 0.5) is 3.89 Å². The van der Waals surface area contributed by atoms with E-state index >= 15 is 0 Å². The molecule has 0 aliphatic carbocycles. The van der Waals surface area contributed by atoms with Gasteiger partial charge < -0.3 is 9.55 Å². The fourth-order valence-corrected chi connectivity index (χ4v) is 5.43. The van der Waals surface area contributed by atoms with Gasteiger partial charge >= 0.3 is 10.2 Å². The van der Waals surface area contributed by atoms with Crippen molar-refractivity contribution in [1.82, 2.24) is 9.55 Å². The van der Waals surface area contributed by atoms with E-state index in [9.17, 15) is 17.1 Å². The summed E-state index contributed by atoms with van der Waals surface area (Å²) in [6, 6.07) is 15.3. The average molecular weight is 501 g/mol. The lowest BCUT2D eigenvalue weighted by molar-refractivity contribution is 0.552. The molecule has 0 fully saturated rings. The molecule has 5 nitrogen and oxygen atoms in total. The molecule has 0 saturated heterocycles. The van der Waals surface area contributed by atoms with E-state index in [1.165, 1.54) is 18.2 Å². The Bertz CT molecular complexity index is 1880. The summed E-state index contributed by atoms with van der Waals surface area (Å²) in [5.41, 5.74) is 5.14. The number of benzene rings is 3. The molecule has 0 radical (unpaired) electrons. The van der Waals surface area contributed by atoms with Crippen molar-refractivity contribution in [1.29, 1.82) is 0 Å². The van der Waals surface area contributed by atoms with Gasteiger partial charge in [-0.2, -0.15) is 8.42 Å². The van der Waals surface area contributed by atoms with Crippen LogP contribution in [0.15, 0.2) is 64.3 Å². The second kappa shape index (κ2) is 8.96. The normalized spacial score (nSPS) is 11.9. The van der Waals surface area contributed by atoms with Crippen molar-refractivity contribution in [2.45, 2.75) is 44.6 Å². The third-order valence-electron chi connectivity index (χ3n) is 6.74. The van der Waals surface area contributed by atoms with E-state index in [0.29, 0.717) is 29.3 Å². The number of halogens is 1. The fourth-order valence-electron chi connectivity index (χ4n) is 4.92. The second-order valence-electron chi connectivity index (χ2n) is 8.93. The molecule has 5 aromatic rings. The summed E-state index contributed by atoms with van der Waals surface area (Å²) >= 11 is 0. The Labute approximate surface area is 208 Å². The van der Waals surface area contributed by atoms with Crippen LogP contribution in [0.5, 0.6) is 0 Å². The maximum absolute atomic E-state index is 13.8. The van der Waals surface area contributed by atoms with E-state index in [4.69, 9.17) is 6.42 Å². The number of fused-ring (bicyclic) bond motifs is 4. The topological polar surface area (TPSA) is 71.9 Å². The molecule has 1 N–H and O–H groups in total. The SMILES string of the molecule is C#Cc1ccc2c(c1)[nH]c1c2c(=O)c2cc(CC)c(-c3cccc(S(=O)(=O)F)c3)cc2n1CCCC. The number of hydrogen-bond acceptors (Lipinski definition) is 3. The third-order valence-corrected chi connectivity index (χ3v) is 7.56. The van der Waals surface area contributed by atoms with Crippen LogP contribution in [0.1, 0.15) is 37.8 Å². The van der Waals surface area contributed by atoms with Crippen molar-refractivity contribution in [2.75, 3.05) is 0 Å². The number of aromatic amines is 1. The summed E-state index contributed by atoms with van der Waals surface area (Å²) in [6.07, 6.45) is 8.07. The molecule has 0 atom stereocenters. The minimum absolute atomic E-state index is 0.0752. The van der Waals surface area contributed by atoms with E-state index in [1.807, 2.05) is 37.3 Å². The molecular formula is C29H25FN2O3S. The molecule has 7 heteroatoms. The number of H-pyrrole nitrogens is 1. The third kappa shape index (κ3) is 3.88. The summed E-state index contributed by atoms with van der Waals surface area (Å²) in [4.78, 5) is 16.9. The van der Waals surface area contributed by atoms with Crippen molar-refractivity contribution >= 4 is 43.1 Å². The summed E-state index contributed by atoms with van der Waals surface area (Å²) < 4.78 is 39.0. The Morgan fingerprint density at radius 2 is 1.86 bits per heavy atom. The number of unbranched alkanes of at least 4 members (excludes halogenated alkanes) is 1. The van der Waals surface area contributed by atoms with E-state index in [0.717, 1.165) is 51.6 Å². The number of aryl methyl sites for hydroxylation is 2. The number of hydrogen-bond donors (Lipinski definition) is 1. The van der Waals surface area contributed by atoms with Gasteiger partial charge in [0, 0.05) is 28.4 Å². The zero-order chi connectivity index (χ0) is 25.6. The minimum Gasteiger partial charge on any atom is -0.340 e. The Morgan fingerprint density at radius 3 is 2.56 bits per heavy atom. The molecule has 0 aliphatic heterocycles. The summed E-state index contributed by atoms with van der Waals surface area (Å²) in [6.45, 7) is 4.76. The highest BCUT2D eigenvalue weighted by Crippen LogP contribution is 2.33. The van der Waals surface area contributed by atoms with Gasteiger partial charge in [0.25, 0.3) is 0 Å². The van der Waals surface area contributed by atoms with Crippen molar-refractivity contribution in [2.24, 2.45) is 0 Å². The van der Waals surface area contributed by atoms with Gasteiger partial charge in [-0.05, 0) is 65.9 Å². The lowest BCUT2D eigenvalue weighted by Gasteiger charge is -2.17. The first-order chi connectivity index (χ1) is 17.3. The highest BCUT2D eigenvalue weighted by atomic mass is 32.3. The Hall–Kier alpha value is -3.89. The second-order valence-corrected chi connectivity index (χ2v) is 10.3. The summed E-state index contributed by atoms with van der Waals surface area (Å²) in [7, 11) is -4.85. The molecule has 0 amide bonds. The van der Waals surface area contributed by atoms with Crippen LogP contribution in [0.3, 0.4) is 0 Å². The first-order valence-electron chi connectivity index (χ1n) is 11.9. The van der Waals surface area contributed by atoms with Crippen molar-refractivity contribution < 1.29 is 12.3 Å². The first kappa shape index (κ1) is 23.8. The number of aromatic nitrogens is 2. The van der Waals surface area contributed by atoms with E-state index in [2.05, 4.69) is 22.4 Å². The van der Waals surface area contributed by atoms with E-state index in [1.54, 1.807) is 6.07 Å². The molecule has 0 aliphatic rings. The maximum atomic E-state index is 13.8. The zero-order valence-electron chi connectivity index (χ0n) is 20.1. The Balaban J connectivity index is 1.90. The largest absolute Gasteiger partial charge is 0.340 e. The minimum atomic E-state index is -4.85. The summed E-state index contributed by atoms with van der Waals surface area (Å²) in [5.74, 6) is 2.64.